The van der Waals surface area contributed by atoms with Crippen LogP contribution in [0.15, 0.2) is 60.8 Å². The van der Waals surface area contributed by atoms with Crippen LogP contribution in [0.25, 0.3) is 22.3 Å². The van der Waals surface area contributed by atoms with Crippen LogP contribution in [0.2, 0.25) is 10.0 Å². The fourth-order valence-corrected chi connectivity index (χ4v) is 4.04. The monoisotopic (exact) mass is 437 g/mol. The van der Waals surface area contributed by atoms with Crippen LogP contribution in [0, 0.1) is 6.92 Å². The molecule has 2 heterocycles. The Morgan fingerprint density at radius 2 is 1.97 bits per heavy atom. The predicted octanol–water partition coefficient (Wildman–Crippen LogP) is 6.81. The lowest BCUT2D eigenvalue weighted by Crippen LogP contribution is -2.11. The van der Waals surface area contributed by atoms with E-state index in [1.54, 1.807) is 24.4 Å². The molecule has 0 unspecified atom stereocenters. The zero-order chi connectivity index (χ0) is 21.1. The minimum atomic E-state index is -0.0744. The van der Waals surface area contributed by atoms with E-state index in [0.29, 0.717) is 28.6 Å². The molecule has 152 valence electrons. The molecule has 2 N–H and O–H groups in total. The molecule has 1 amide bonds. The Labute approximate surface area is 185 Å². The zero-order valence-corrected chi connectivity index (χ0v) is 18.0. The van der Waals surface area contributed by atoms with E-state index in [2.05, 4.69) is 40.4 Å². The van der Waals surface area contributed by atoms with E-state index in [9.17, 15) is 4.79 Å². The summed E-state index contributed by atoms with van der Waals surface area (Å²) in [6.07, 6.45) is 3.65. The first-order chi connectivity index (χ1) is 14.5. The number of anilines is 1. The van der Waals surface area contributed by atoms with Crippen LogP contribution in [0.4, 0.5) is 5.69 Å². The third-order valence-corrected chi connectivity index (χ3v) is 5.57. The van der Waals surface area contributed by atoms with Crippen LogP contribution < -0.4 is 5.32 Å². The number of halogens is 2. The quantitative estimate of drug-likeness (QED) is 0.348. The molecule has 4 nitrogen and oxygen atoms in total. The molecular formula is C24H21Cl2N3O. The number of aromatic nitrogens is 2. The average Bonchev–Trinajstić information content (AvgIpc) is 3.08. The van der Waals surface area contributed by atoms with Gasteiger partial charge in [0.05, 0.1) is 22.1 Å². The molecule has 6 heteroatoms. The molecule has 0 aliphatic heterocycles. The maximum absolute atomic E-state index is 12.4. The van der Waals surface area contributed by atoms with Gasteiger partial charge in [-0.1, -0.05) is 40.9 Å². The van der Waals surface area contributed by atoms with E-state index in [1.165, 1.54) is 16.5 Å². The van der Waals surface area contributed by atoms with Crippen LogP contribution in [0.3, 0.4) is 0 Å². The van der Waals surface area contributed by atoms with E-state index in [0.717, 1.165) is 23.3 Å². The first-order valence-corrected chi connectivity index (χ1v) is 10.5. The summed E-state index contributed by atoms with van der Waals surface area (Å²) in [6.45, 7) is 2.08. The highest BCUT2D eigenvalue weighted by Crippen LogP contribution is 2.31. The molecule has 2 aromatic heterocycles. The first-order valence-electron chi connectivity index (χ1n) is 9.79. The lowest BCUT2D eigenvalue weighted by molar-refractivity contribution is -0.116. The lowest BCUT2D eigenvalue weighted by Gasteiger charge is -2.08. The molecule has 0 radical (unpaired) electrons. The molecule has 0 saturated carbocycles. The number of nitrogens with zero attached hydrogens (tertiary/aromatic N) is 1. The van der Waals surface area contributed by atoms with Crippen molar-refractivity contribution in [2.45, 2.75) is 26.2 Å². The number of pyridine rings is 1. The molecule has 0 fully saturated rings. The number of H-pyrrole nitrogens is 1. The number of aryl methyl sites for hydroxylation is 2. The molecule has 0 bridgehead atoms. The van der Waals surface area contributed by atoms with Crippen molar-refractivity contribution in [2.24, 2.45) is 0 Å². The fourth-order valence-electron chi connectivity index (χ4n) is 3.58. The summed E-state index contributed by atoms with van der Waals surface area (Å²) in [5.41, 5.74) is 5.95. The van der Waals surface area contributed by atoms with Gasteiger partial charge in [-0.2, -0.15) is 0 Å². The predicted molar refractivity (Wildman–Crippen MR) is 124 cm³/mol. The van der Waals surface area contributed by atoms with Gasteiger partial charge in [-0.25, -0.2) is 0 Å². The molecule has 2 aromatic carbocycles. The smallest absolute Gasteiger partial charge is 0.224 e. The number of carbonyl (C=O) groups excluding carboxylic acids is 1. The average molecular weight is 438 g/mol. The summed E-state index contributed by atoms with van der Waals surface area (Å²) in [6, 6.07) is 17.3. The molecule has 0 atom stereocenters. The molecule has 0 aliphatic rings. The molecule has 0 aliphatic carbocycles. The standard InChI is InChI=1S/C24H21Cl2N3O/c1-15-8-10-20-18(13-15)17(24(29-20)22-6-2-3-12-27-22)5-4-7-23(30)28-21-11-9-16(25)14-19(21)26/h2-3,6,8-14,29H,4-5,7H2,1H3,(H,28,30). The second-order valence-corrected chi connectivity index (χ2v) is 8.11. The highest BCUT2D eigenvalue weighted by molar-refractivity contribution is 6.36. The van der Waals surface area contributed by atoms with Crippen molar-refractivity contribution in [3.8, 4) is 11.4 Å². The van der Waals surface area contributed by atoms with Crippen molar-refractivity contribution < 1.29 is 4.79 Å². The summed E-state index contributed by atoms with van der Waals surface area (Å²) in [5, 5.41) is 5.01. The summed E-state index contributed by atoms with van der Waals surface area (Å²) in [4.78, 5) is 20.4. The van der Waals surface area contributed by atoms with Gasteiger partial charge in [0.2, 0.25) is 5.91 Å². The van der Waals surface area contributed by atoms with Crippen molar-refractivity contribution in [1.29, 1.82) is 0 Å². The van der Waals surface area contributed by atoms with Crippen LogP contribution >= 0.6 is 23.2 Å². The minimum Gasteiger partial charge on any atom is -0.353 e. The molecule has 4 aromatic rings. The number of fused-ring (bicyclic) bond motifs is 1. The van der Waals surface area contributed by atoms with Crippen molar-refractivity contribution in [2.75, 3.05) is 5.32 Å². The highest BCUT2D eigenvalue weighted by Gasteiger charge is 2.15. The molecular weight excluding hydrogens is 417 g/mol. The Morgan fingerprint density at radius 1 is 1.10 bits per heavy atom. The van der Waals surface area contributed by atoms with Gasteiger partial charge in [0.15, 0.2) is 0 Å². The van der Waals surface area contributed by atoms with Gasteiger partial charge in [0.1, 0.15) is 0 Å². The lowest BCUT2D eigenvalue weighted by atomic mass is 10.0. The number of hydrogen-bond acceptors (Lipinski definition) is 2. The third kappa shape index (κ3) is 4.50. The van der Waals surface area contributed by atoms with Crippen LogP contribution in [-0.4, -0.2) is 15.9 Å². The maximum atomic E-state index is 12.4. The summed E-state index contributed by atoms with van der Waals surface area (Å²) in [5.74, 6) is -0.0744. The van der Waals surface area contributed by atoms with Gasteiger partial charge in [-0.05, 0) is 67.8 Å². The number of aromatic amines is 1. The van der Waals surface area contributed by atoms with Gasteiger partial charge in [0, 0.05) is 28.5 Å². The van der Waals surface area contributed by atoms with Gasteiger partial charge < -0.3 is 10.3 Å². The SMILES string of the molecule is Cc1ccc2[nH]c(-c3ccccn3)c(CCCC(=O)Nc3ccc(Cl)cc3Cl)c2c1. The van der Waals surface area contributed by atoms with E-state index >= 15 is 0 Å². The second-order valence-electron chi connectivity index (χ2n) is 7.27. The van der Waals surface area contributed by atoms with E-state index in [4.69, 9.17) is 23.2 Å². The Balaban J connectivity index is 1.52. The van der Waals surface area contributed by atoms with E-state index in [-0.39, 0.29) is 5.91 Å². The molecule has 4 rings (SSSR count). The van der Waals surface area contributed by atoms with Gasteiger partial charge in [-0.15, -0.1) is 0 Å². The molecule has 0 spiro atoms. The van der Waals surface area contributed by atoms with Crippen LogP contribution in [0.1, 0.15) is 24.0 Å². The molecule has 30 heavy (non-hydrogen) atoms. The molecule has 0 saturated heterocycles. The van der Waals surface area contributed by atoms with Crippen molar-refractivity contribution >= 4 is 45.7 Å². The van der Waals surface area contributed by atoms with E-state index < -0.39 is 0 Å². The number of amides is 1. The Kier molecular flexibility index (Phi) is 6.07. The normalized spacial score (nSPS) is 11.0. The highest BCUT2D eigenvalue weighted by atomic mass is 35.5. The summed E-state index contributed by atoms with van der Waals surface area (Å²) >= 11 is 12.1. The second kappa shape index (κ2) is 8.90. The van der Waals surface area contributed by atoms with Crippen molar-refractivity contribution in [3.63, 3.8) is 0 Å². The maximum Gasteiger partial charge on any atom is 0.224 e. The number of hydrogen-bond donors (Lipinski definition) is 2. The Bertz CT molecular complexity index is 1200. The van der Waals surface area contributed by atoms with Crippen LogP contribution in [0.5, 0.6) is 0 Å². The fraction of sp³-hybridized carbons (Fsp3) is 0.167. The number of carbonyl (C=O) groups is 1. The van der Waals surface area contributed by atoms with Gasteiger partial charge in [-0.3, -0.25) is 9.78 Å². The van der Waals surface area contributed by atoms with Gasteiger partial charge in [0.25, 0.3) is 0 Å². The topological polar surface area (TPSA) is 57.8 Å². The minimum absolute atomic E-state index is 0.0744. The van der Waals surface area contributed by atoms with Crippen LogP contribution in [-0.2, 0) is 11.2 Å². The summed E-state index contributed by atoms with van der Waals surface area (Å²) in [7, 11) is 0. The number of benzene rings is 2. The largest absolute Gasteiger partial charge is 0.353 e. The Hall–Kier alpha value is -2.82. The van der Waals surface area contributed by atoms with Gasteiger partial charge >= 0.3 is 0 Å². The number of rotatable bonds is 6. The zero-order valence-electron chi connectivity index (χ0n) is 16.5. The summed E-state index contributed by atoms with van der Waals surface area (Å²) < 4.78 is 0. The Morgan fingerprint density at radius 3 is 2.73 bits per heavy atom. The van der Waals surface area contributed by atoms with Crippen molar-refractivity contribution in [1.82, 2.24) is 9.97 Å². The van der Waals surface area contributed by atoms with E-state index in [1.807, 2.05) is 18.2 Å². The van der Waals surface area contributed by atoms with Crippen molar-refractivity contribution in [3.05, 3.63) is 82.0 Å². The first kappa shape index (κ1) is 20.5. The third-order valence-electron chi connectivity index (χ3n) is 5.02. The number of nitrogens with one attached hydrogen (secondary N) is 2.